The summed E-state index contributed by atoms with van der Waals surface area (Å²) in [5, 5.41) is 28.1. The van der Waals surface area contributed by atoms with Crippen LogP contribution in [-0.2, 0) is 18.3 Å². The Morgan fingerprint density at radius 3 is 2.61 bits per heavy atom. The van der Waals surface area contributed by atoms with Crippen molar-refractivity contribution >= 4 is 34.1 Å². The number of carboxylic acids is 1. The lowest BCUT2D eigenvalue weighted by Gasteiger charge is -2.19. The summed E-state index contributed by atoms with van der Waals surface area (Å²) >= 11 is 0. The molecule has 142 valence electrons. The van der Waals surface area contributed by atoms with Gasteiger partial charge < -0.3 is 19.7 Å². The van der Waals surface area contributed by atoms with Crippen molar-refractivity contribution in [1.82, 2.24) is 9.55 Å². The molecular weight excluding hydrogens is 356 g/mol. The lowest BCUT2D eigenvalue weighted by molar-refractivity contribution is -0.136. The molecule has 1 aliphatic heterocycles. The molecule has 3 aromatic rings. The fraction of sp³-hybridized carbons (Fsp3) is 0.190. The van der Waals surface area contributed by atoms with Gasteiger partial charge in [0.25, 0.3) is 0 Å². The molecule has 1 aromatic heterocycles. The van der Waals surface area contributed by atoms with Crippen LogP contribution in [-0.4, -0.2) is 38.1 Å². The van der Waals surface area contributed by atoms with E-state index in [1.54, 1.807) is 29.2 Å². The molecule has 28 heavy (non-hydrogen) atoms. The predicted octanol–water partition coefficient (Wildman–Crippen LogP) is 3.28. The van der Waals surface area contributed by atoms with Crippen LogP contribution in [0.2, 0.25) is 0 Å². The Morgan fingerprint density at radius 1 is 1.21 bits per heavy atom. The number of aromatic nitrogens is 2. The number of aliphatic hydroxyl groups excluding tert-OH is 1. The number of amidine groups is 1. The molecule has 7 nitrogen and oxygen atoms in total. The van der Waals surface area contributed by atoms with E-state index in [-0.39, 0.29) is 24.6 Å². The molecule has 0 unspecified atom stereocenters. The molecule has 1 aliphatic rings. The summed E-state index contributed by atoms with van der Waals surface area (Å²) in [6, 6.07) is 13.0. The van der Waals surface area contributed by atoms with Gasteiger partial charge in [0.15, 0.2) is 0 Å². The number of nitrogens with zero attached hydrogens (tertiary/aromatic N) is 3. The zero-order valence-electron chi connectivity index (χ0n) is 15.6. The fourth-order valence-corrected chi connectivity index (χ4v) is 3.54. The van der Waals surface area contributed by atoms with Crippen molar-refractivity contribution in [1.29, 1.82) is 5.41 Å². The van der Waals surface area contributed by atoms with E-state index in [1.165, 1.54) is 0 Å². The number of aliphatic carboxylic acids is 1. The summed E-state index contributed by atoms with van der Waals surface area (Å²) in [6.45, 7) is 2.17. The van der Waals surface area contributed by atoms with Crippen molar-refractivity contribution in [3.63, 3.8) is 0 Å². The zero-order chi connectivity index (χ0) is 20.0. The molecule has 7 heteroatoms. The average molecular weight is 376 g/mol. The first-order chi connectivity index (χ1) is 13.3. The van der Waals surface area contributed by atoms with Gasteiger partial charge in [0.1, 0.15) is 17.4 Å². The fourth-order valence-electron chi connectivity index (χ4n) is 3.54. The maximum absolute atomic E-state index is 10.8. The topological polar surface area (TPSA) is 102 Å². The first-order valence-corrected chi connectivity index (χ1v) is 8.88. The number of anilines is 1. The van der Waals surface area contributed by atoms with Crippen LogP contribution in [0.15, 0.2) is 48.2 Å². The van der Waals surface area contributed by atoms with E-state index >= 15 is 0 Å². The molecule has 2 aromatic carbocycles. The van der Waals surface area contributed by atoms with Crippen molar-refractivity contribution in [3.8, 4) is 0 Å². The Balaban J connectivity index is 1.67. The zero-order valence-corrected chi connectivity index (χ0v) is 15.6. The van der Waals surface area contributed by atoms with Crippen LogP contribution < -0.4 is 4.90 Å². The van der Waals surface area contributed by atoms with E-state index in [0.717, 1.165) is 22.3 Å². The minimum absolute atomic E-state index is 0.0498. The lowest BCUT2D eigenvalue weighted by Crippen LogP contribution is -2.26. The summed E-state index contributed by atoms with van der Waals surface area (Å²) in [4.78, 5) is 17.2. The molecule has 0 saturated heterocycles. The molecule has 3 N–H and O–H groups in total. The van der Waals surface area contributed by atoms with Gasteiger partial charge in [-0.1, -0.05) is 18.2 Å². The van der Waals surface area contributed by atoms with Crippen LogP contribution in [0.3, 0.4) is 0 Å². The number of nitrogens with one attached hydrogen (secondary N) is 1. The molecule has 0 atom stereocenters. The van der Waals surface area contributed by atoms with Gasteiger partial charge in [-0.2, -0.15) is 0 Å². The maximum atomic E-state index is 10.8. The van der Waals surface area contributed by atoms with E-state index in [2.05, 4.69) is 4.98 Å². The van der Waals surface area contributed by atoms with Gasteiger partial charge in [-0.05, 0) is 42.3 Å². The van der Waals surface area contributed by atoms with E-state index in [1.807, 2.05) is 36.7 Å². The quantitative estimate of drug-likeness (QED) is 0.648. The van der Waals surface area contributed by atoms with Crippen LogP contribution in [0, 0.1) is 12.3 Å². The number of hydrogen-bond donors (Lipinski definition) is 3. The van der Waals surface area contributed by atoms with E-state index in [0.29, 0.717) is 17.0 Å². The summed E-state index contributed by atoms with van der Waals surface area (Å²) in [7, 11) is 1.87. The summed E-state index contributed by atoms with van der Waals surface area (Å²) < 4.78 is 1.88. The first kappa shape index (κ1) is 17.8. The monoisotopic (exact) mass is 376 g/mol. The smallest absolute Gasteiger partial charge is 0.307 e. The van der Waals surface area contributed by atoms with E-state index < -0.39 is 5.97 Å². The van der Waals surface area contributed by atoms with Crippen molar-refractivity contribution in [2.45, 2.75) is 13.3 Å². The molecule has 0 aliphatic carbocycles. The van der Waals surface area contributed by atoms with Crippen LogP contribution in [0.25, 0.3) is 16.6 Å². The van der Waals surface area contributed by atoms with E-state index in [4.69, 9.17) is 10.5 Å². The van der Waals surface area contributed by atoms with Crippen molar-refractivity contribution in [2.75, 3.05) is 11.4 Å². The number of carbonyl (C=O) groups is 1. The molecule has 0 spiro atoms. The second-order valence-electron chi connectivity index (χ2n) is 6.98. The number of aryl methyl sites for hydroxylation is 2. The third-order valence-corrected chi connectivity index (χ3v) is 4.97. The summed E-state index contributed by atoms with van der Waals surface area (Å²) in [5.41, 5.74) is 4.67. The molecular formula is C21H20N4O3. The minimum atomic E-state index is -0.889. The molecule has 0 fully saturated rings. The number of rotatable bonds is 4. The van der Waals surface area contributed by atoms with Gasteiger partial charge in [-0.15, -0.1) is 0 Å². The Bertz CT molecular complexity index is 1140. The molecule has 0 amide bonds. The van der Waals surface area contributed by atoms with Crippen molar-refractivity contribution < 1.29 is 15.0 Å². The molecule has 0 saturated carbocycles. The molecule has 4 rings (SSSR count). The second kappa shape index (κ2) is 6.53. The number of hydrogen-bond acceptors (Lipinski definition) is 4. The number of benzene rings is 2. The standard InChI is InChI=1S/C21H20N4O3/c1-12-3-8-16-15(9-12)23-21(24(16)2)19-17(26)11-25(20(19)22)14-6-4-13(5-7-14)10-18(27)28/h3-9,22,26H,10-11H2,1-2H3,(H,27,28). The Hall–Kier alpha value is -3.61. The first-order valence-electron chi connectivity index (χ1n) is 8.88. The highest BCUT2D eigenvalue weighted by Gasteiger charge is 2.32. The number of carboxylic acid groups (broad SMARTS) is 1. The van der Waals surface area contributed by atoms with Crippen LogP contribution in [0.5, 0.6) is 0 Å². The summed E-state index contributed by atoms with van der Waals surface area (Å²) in [6.07, 6.45) is -0.0498. The van der Waals surface area contributed by atoms with Crippen molar-refractivity contribution in [2.24, 2.45) is 7.05 Å². The third-order valence-electron chi connectivity index (χ3n) is 4.97. The van der Waals surface area contributed by atoms with Gasteiger partial charge in [0.05, 0.1) is 29.6 Å². The van der Waals surface area contributed by atoms with Gasteiger partial charge >= 0.3 is 5.97 Å². The second-order valence-corrected chi connectivity index (χ2v) is 6.98. The number of aliphatic hydroxyl groups is 1. The maximum Gasteiger partial charge on any atom is 0.307 e. The molecule has 0 bridgehead atoms. The predicted molar refractivity (Wildman–Crippen MR) is 108 cm³/mol. The Kier molecular flexibility index (Phi) is 4.15. The lowest BCUT2D eigenvalue weighted by atomic mass is 10.1. The van der Waals surface area contributed by atoms with Crippen molar-refractivity contribution in [3.05, 3.63) is 65.2 Å². The highest BCUT2D eigenvalue weighted by molar-refractivity contribution is 6.30. The highest BCUT2D eigenvalue weighted by Crippen LogP contribution is 2.32. The SMILES string of the molecule is Cc1ccc2c(c1)nc(C1=C(O)CN(c3ccc(CC(=O)O)cc3)C1=N)n2C. The van der Waals surface area contributed by atoms with E-state index in [9.17, 15) is 9.90 Å². The Labute approximate surface area is 161 Å². The minimum Gasteiger partial charge on any atom is -0.509 e. The van der Waals surface area contributed by atoms with Gasteiger partial charge in [0, 0.05) is 12.7 Å². The van der Waals surface area contributed by atoms with Crippen LogP contribution in [0.1, 0.15) is 17.0 Å². The summed E-state index contributed by atoms with van der Waals surface area (Å²) in [5.74, 6) is -0.0817. The number of imidazole rings is 1. The van der Waals surface area contributed by atoms with Gasteiger partial charge in [-0.25, -0.2) is 4.98 Å². The largest absolute Gasteiger partial charge is 0.509 e. The van der Waals surface area contributed by atoms with Gasteiger partial charge in [0.2, 0.25) is 0 Å². The molecule has 0 radical (unpaired) electrons. The Morgan fingerprint density at radius 2 is 1.93 bits per heavy atom. The third kappa shape index (κ3) is 2.90. The normalized spacial score (nSPS) is 14.4. The number of fused-ring (bicyclic) bond motifs is 1. The molecule has 2 heterocycles. The highest BCUT2D eigenvalue weighted by atomic mass is 16.4. The van der Waals surface area contributed by atoms with Gasteiger partial charge in [-0.3, -0.25) is 10.2 Å². The van der Waals surface area contributed by atoms with Crippen LogP contribution in [0.4, 0.5) is 5.69 Å². The average Bonchev–Trinajstić information content (AvgIpc) is 3.11. The van der Waals surface area contributed by atoms with Crippen LogP contribution >= 0.6 is 0 Å².